The lowest BCUT2D eigenvalue weighted by Gasteiger charge is -2.26. The van der Waals surface area contributed by atoms with Gasteiger partial charge in [0.15, 0.2) is 0 Å². The Bertz CT molecular complexity index is 1090. The van der Waals surface area contributed by atoms with Crippen molar-refractivity contribution in [2.24, 2.45) is 0 Å². The third-order valence-electron chi connectivity index (χ3n) is 5.77. The monoisotopic (exact) mass is 471 g/mol. The van der Waals surface area contributed by atoms with E-state index in [1.807, 2.05) is 36.9 Å². The molecule has 0 bridgehead atoms. The zero-order chi connectivity index (χ0) is 22.6. The Morgan fingerprint density at radius 2 is 1.84 bits per heavy atom. The SMILES string of the molecule is Cc1cc(CN2CCSCC2)ccc1NC(=O)/C=C/c1ccc(N2CCCS2(=O)=O)cc1. The fraction of sp³-hybridized carbons (Fsp3) is 0.375. The second kappa shape index (κ2) is 10.1. The van der Waals surface area contributed by atoms with Crippen molar-refractivity contribution in [3.05, 3.63) is 65.2 Å². The van der Waals surface area contributed by atoms with Crippen molar-refractivity contribution < 1.29 is 13.2 Å². The second-order valence-corrected chi connectivity index (χ2v) is 11.4. The van der Waals surface area contributed by atoms with Crippen LogP contribution in [0.25, 0.3) is 6.08 Å². The molecule has 0 radical (unpaired) electrons. The van der Waals surface area contributed by atoms with E-state index in [1.165, 1.54) is 27.5 Å². The van der Waals surface area contributed by atoms with Crippen LogP contribution in [0.4, 0.5) is 11.4 Å². The molecule has 4 rings (SSSR count). The Balaban J connectivity index is 1.34. The molecule has 0 atom stereocenters. The number of thioether (sulfide) groups is 1. The molecule has 2 saturated heterocycles. The van der Waals surface area contributed by atoms with E-state index in [4.69, 9.17) is 0 Å². The van der Waals surface area contributed by atoms with Gasteiger partial charge in [-0.2, -0.15) is 11.8 Å². The van der Waals surface area contributed by atoms with E-state index >= 15 is 0 Å². The normalized spacial score (nSPS) is 18.8. The second-order valence-electron chi connectivity index (χ2n) is 8.19. The van der Waals surface area contributed by atoms with Crippen molar-refractivity contribution in [3.63, 3.8) is 0 Å². The summed E-state index contributed by atoms with van der Waals surface area (Å²) < 4.78 is 25.5. The number of carbonyl (C=O) groups excluding carboxylic acids is 1. The van der Waals surface area contributed by atoms with Gasteiger partial charge in [0.05, 0.1) is 11.4 Å². The van der Waals surface area contributed by atoms with Crippen molar-refractivity contribution in [2.75, 3.05) is 46.5 Å². The molecule has 1 N–H and O–H groups in total. The van der Waals surface area contributed by atoms with Crippen LogP contribution >= 0.6 is 11.8 Å². The van der Waals surface area contributed by atoms with Gasteiger partial charge in [-0.3, -0.25) is 14.0 Å². The molecule has 2 fully saturated rings. The molecule has 2 aliphatic rings. The van der Waals surface area contributed by atoms with Gasteiger partial charge >= 0.3 is 0 Å². The van der Waals surface area contributed by atoms with Gasteiger partial charge in [0, 0.05) is 49.4 Å². The molecular weight excluding hydrogens is 442 g/mol. The molecule has 1 amide bonds. The first-order valence-electron chi connectivity index (χ1n) is 10.9. The number of aryl methyl sites for hydroxylation is 1. The van der Waals surface area contributed by atoms with E-state index < -0.39 is 10.0 Å². The minimum atomic E-state index is -3.18. The van der Waals surface area contributed by atoms with Gasteiger partial charge in [-0.25, -0.2) is 8.42 Å². The Labute approximate surface area is 194 Å². The summed E-state index contributed by atoms with van der Waals surface area (Å²) in [5.74, 6) is 2.39. The summed E-state index contributed by atoms with van der Waals surface area (Å²) in [4.78, 5) is 14.9. The molecule has 170 valence electrons. The lowest BCUT2D eigenvalue weighted by atomic mass is 10.1. The Morgan fingerprint density at radius 3 is 2.50 bits per heavy atom. The molecule has 0 aliphatic carbocycles. The summed E-state index contributed by atoms with van der Waals surface area (Å²) in [5, 5.41) is 2.95. The smallest absolute Gasteiger partial charge is 0.248 e. The fourth-order valence-corrected chi connectivity index (χ4v) is 6.55. The standard InChI is InChI=1S/C24H29N3O3S2/c1-19-17-21(18-26-12-14-31-15-13-26)5-9-23(19)25-24(28)10-6-20-3-7-22(8-4-20)27-11-2-16-32(27,29)30/h3-10,17H,2,11-16,18H2,1H3,(H,25,28)/b10-6+. The molecular formula is C24H29N3O3S2. The number of carbonyl (C=O) groups is 1. The maximum absolute atomic E-state index is 12.4. The highest BCUT2D eigenvalue weighted by Gasteiger charge is 2.28. The van der Waals surface area contributed by atoms with Crippen LogP contribution in [0.1, 0.15) is 23.1 Å². The van der Waals surface area contributed by atoms with E-state index in [9.17, 15) is 13.2 Å². The fourth-order valence-electron chi connectivity index (χ4n) is 4.01. The van der Waals surface area contributed by atoms with Crippen LogP contribution in [-0.4, -0.2) is 56.1 Å². The number of nitrogens with zero attached hydrogens (tertiary/aromatic N) is 2. The van der Waals surface area contributed by atoms with Gasteiger partial charge < -0.3 is 5.32 Å². The molecule has 0 spiro atoms. The third kappa shape index (κ3) is 5.74. The summed E-state index contributed by atoms with van der Waals surface area (Å²) in [6, 6.07) is 13.4. The van der Waals surface area contributed by atoms with Crippen LogP contribution in [0.3, 0.4) is 0 Å². The molecule has 6 nitrogen and oxygen atoms in total. The van der Waals surface area contributed by atoms with Crippen LogP contribution in [0, 0.1) is 6.92 Å². The maximum atomic E-state index is 12.4. The molecule has 32 heavy (non-hydrogen) atoms. The first kappa shape index (κ1) is 22.9. The van der Waals surface area contributed by atoms with E-state index in [-0.39, 0.29) is 11.7 Å². The number of nitrogens with one attached hydrogen (secondary N) is 1. The average molecular weight is 472 g/mol. The highest BCUT2D eigenvalue weighted by molar-refractivity contribution is 7.99. The molecule has 8 heteroatoms. The minimum absolute atomic E-state index is 0.194. The number of anilines is 2. The highest BCUT2D eigenvalue weighted by Crippen LogP contribution is 2.24. The predicted molar refractivity (Wildman–Crippen MR) is 134 cm³/mol. The lowest BCUT2D eigenvalue weighted by molar-refractivity contribution is -0.111. The molecule has 0 unspecified atom stereocenters. The Hall–Kier alpha value is -2.29. The van der Waals surface area contributed by atoms with Gasteiger partial charge in [0.1, 0.15) is 0 Å². The third-order valence-corrected chi connectivity index (χ3v) is 8.58. The summed E-state index contributed by atoms with van der Waals surface area (Å²) in [5.41, 5.74) is 4.64. The zero-order valence-electron chi connectivity index (χ0n) is 18.3. The summed E-state index contributed by atoms with van der Waals surface area (Å²) in [6.07, 6.45) is 3.89. The van der Waals surface area contributed by atoms with Crippen LogP contribution in [0.5, 0.6) is 0 Å². The number of amides is 1. The topological polar surface area (TPSA) is 69.7 Å². The van der Waals surface area contributed by atoms with Gasteiger partial charge in [-0.05, 0) is 54.3 Å². The number of benzene rings is 2. The molecule has 0 aromatic heterocycles. The lowest BCUT2D eigenvalue weighted by Crippen LogP contribution is -2.31. The number of hydrogen-bond donors (Lipinski definition) is 1. The summed E-state index contributed by atoms with van der Waals surface area (Å²) >= 11 is 2.01. The maximum Gasteiger partial charge on any atom is 0.248 e. The zero-order valence-corrected chi connectivity index (χ0v) is 19.9. The van der Waals surface area contributed by atoms with E-state index in [0.29, 0.717) is 18.7 Å². The molecule has 2 aliphatic heterocycles. The van der Waals surface area contributed by atoms with Gasteiger partial charge in [-0.1, -0.05) is 24.3 Å². The number of hydrogen-bond acceptors (Lipinski definition) is 5. The van der Waals surface area contributed by atoms with Crippen molar-refractivity contribution in [1.82, 2.24) is 4.90 Å². The quantitative estimate of drug-likeness (QED) is 0.650. The van der Waals surface area contributed by atoms with E-state index in [1.54, 1.807) is 18.2 Å². The minimum Gasteiger partial charge on any atom is -0.322 e. The Morgan fingerprint density at radius 1 is 1.09 bits per heavy atom. The Kier molecular flexibility index (Phi) is 7.23. The number of sulfonamides is 1. The predicted octanol–water partition coefficient (Wildman–Crippen LogP) is 3.74. The van der Waals surface area contributed by atoms with Gasteiger partial charge in [-0.15, -0.1) is 0 Å². The van der Waals surface area contributed by atoms with Crippen LogP contribution in [-0.2, 0) is 21.4 Å². The largest absolute Gasteiger partial charge is 0.322 e. The number of rotatable bonds is 6. The average Bonchev–Trinajstić information content (AvgIpc) is 3.14. The van der Waals surface area contributed by atoms with Gasteiger partial charge in [0.2, 0.25) is 15.9 Å². The first-order valence-corrected chi connectivity index (χ1v) is 13.7. The van der Waals surface area contributed by atoms with Crippen molar-refractivity contribution in [1.29, 1.82) is 0 Å². The molecule has 2 aromatic rings. The molecule has 2 aromatic carbocycles. The first-order chi connectivity index (χ1) is 15.4. The van der Waals surface area contributed by atoms with Crippen molar-refractivity contribution in [2.45, 2.75) is 19.9 Å². The molecule has 0 saturated carbocycles. The van der Waals surface area contributed by atoms with E-state index in [2.05, 4.69) is 22.3 Å². The summed E-state index contributed by atoms with van der Waals surface area (Å²) in [6.45, 7) is 5.74. The van der Waals surface area contributed by atoms with Gasteiger partial charge in [0.25, 0.3) is 0 Å². The van der Waals surface area contributed by atoms with E-state index in [0.717, 1.165) is 36.4 Å². The van der Waals surface area contributed by atoms with Crippen LogP contribution < -0.4 is 9.62 Å². The summed E-state index contributed by atoms with van der Waals surface area (Å²) in [7, 11) is -3.18. The van der Waals surface area contributed by atoms with Crippen molar-refractivity contribution >= 4 is 45.1 Å². The van der Waals surface area contributed by atoms with Crippen molar-refractivity contribution in [3.8, 4) is 0 Å². The highest BCUT2D eigenvalue weighted by atomic mass is 32.2. The van der Waals surface area contributed by atoms with Crippen LogP contribution in [0.2, 0.25) is 0 Å². The molecule has 2 heterocycles. The van der Waals surface area contributed by atoms with Crippen LogP contribution in [0.15, 0.2) is 48.5 Å².